The molecular formula is C23H30N2O3. The number of rotatable bonds is 8. The summed E-state index contributed by atoms with van der Waals surface area (Å²) in [5.74, 6) is 0.0909. The van der Waals surface area contributed by atoms with Crippen LogP contribution < -0.4 is 5.32 Å². The van der Waals surface area contributed by atoms with Gasteiger partial charge in [0.1, 0.15) is 6.04 Å². The van der Waals surface area contributed by atoms with Gasteiger partial charge in [0, 0.05) is 13.1 Å². The molecular weight excluding hydrogens is 352 g/mol. The molecule has 2 atom stereocenters. The average Bonchev–Trinajstić information content (AvgIpc) is 2.64. The number of aliphatic hydroxyl groups is 1. The summed E-state index contributed by atoms with van der Waals surface area (Å²) in [4.78, 5) is 14.9. The van der Waals surface area contributed by atoms with Gasteiger partial charge in [-0.2, -0.15) is 0 Å². The molecule has 3 rings (SSSR count). The lowest BCUT2D eigenvalue weighted by Gasteiger charge is -2.44. The monoisotopic (exact) mass is 382 g/mol. The van der Waals surface area contributed by atoms with Gasteiger partial charge in [-0.15, -0.1) is 0 Å². The van der Waals surface area contributed by atoms with Crippen LogP contribution in [0.2, 0.25) is 0 Å². The highest BCUT2D eigenvalue weighted by Gasteiger charge is 2.43. The third-order valence-corrected chi connectivity index (χ3v) is 4.93. The van der Waals surface area contributed by atoms with E-state index in [1.54, 1.807) is 0 Å². The molecule has 1 aliphatic heterocycles. The molecule has 150 valence electrons. The fourth-order valence-corrected chi connectivity index (χ4v) is 3.78. The molecule has 0 saturated carbocycles. The van der Waals surface area contributed by atoms with E-state index in [4.69, 9.17) is 4.74 Å². The Morgan fingerprint density at radius 2 is 1.71 bits per heavy atom. The number of nitrogens with zero attached hydrogens (tertiary/aromatic N) is 1. The van der Waals surface area contributed by atoms with Crippen LogP contribution in [0.4, 0.5) is 0 Å². The van der Waals surface area contributed by atoms with Crippen LogP contribution in [0.5, 0.6) is 0 Å². The van der Waals surface area contributed by atoms with Crippen LogP contribution >= 0.6 is 0 Å². The minimum Gasteiger partial charge on any atom is -0.375 e. The smallest absolute Gasteiger partial charge is 0.241 e. The molecule has 1 saturated heterocycles. The first-order valence-corrected chi connectivity index (χ1v) is 9.89. The Balaban J connectivity index is 1.70. The standard InChI is InChI=1S/C23H30N2O3/c1-18(2)13-23(27)17-25(14-19-9-5-3-6-10-19)21(22(26)24-23)16-28-15-20-11-7-4-8-12-20/h3-12,18,21,27H,13-17H2,1-2H3,(H,24,26)/t21-,23+/m0/s1. The van der Waals surface area contributed by atoms with Crippen molar-refractivity contribution >= 4 is 5.91 Å². The summed E-state index contributed by atoms with van der Waals surface area (Å²) < 4.78 is 5.86. The van der Waals surface area contributed by atoms with Gasteiger partial charge in [-0.05, 0) is 23.5 Å². The highest BCUT2D eigenvalue weighted by atomic mass is 16.5. The van der Waals surface area contributed by atoms with Crippen molar-refractivity contribution in [3.05, 3.63) is 71.8 Å². The Kier molecular flexibility index (Phi) is 6.83. The van der Waals surface area contributed by atoms with Crippen LogP contribution in [0.1, 0.15) is 31.4 Å². The number of carbonyl (C=O) groups is 1. The summed E-state index contributed by atoms with van der Waals surface area (Å²) in [6.07, 6.45) is 0.515. The highest BCUT2D eigenvalue weighted by Crippen LogP contribution is 2.24. The topological polar surface area (TPSA) is 61.8 Å². The van der Waals surface area contributed by atoms with Crippen molar-refractivity contribution in [3.63, 3.8) is 0 Å². The fourth-order valence-electron chi connectivity index (χ4n) is 3.78. The third-order valence-electron chi connectivity index (χ3n) is 4.93. The number of piperazine rings is 1. The van der Waals surface area contributed by atoms with Gasteiger partial charge in [-0.25, -0.2) is 0 Å². The van der Waals surface area contributed by atoms with Crippen molar-refractivity contribution in [2.45, 2.75) is 45.2 Å². The summed E-state index contributed by atoms with van der Waals surface area (Å²) >= 11 is 0. The molecule has 2 N–H and O–H groups in total. The van der Waals surface area contributed by atoms with Gasteiger partial charge < -0.3 is 15.2 Å². The maximum Gasteiger partial charge on any atom is 0.241 e. The van der Waals surface area contributed by atoms with E-state index in [0.29, 0.717) is 26.1 Å². The number of amides is 1. The molecule has 2 aromatic rings. The van der Waals surface area contributed by atoms with Gasteiger partial charge >= 0.3 is 0 Å². The van der Waals surface area contributed by atoms with Crippen LogP contribution in [-0.4, -0.2) is 40.8 Å². The molecule has 28 heavy (non-hydrogen) atoms. The Bertz CT molecular complexity index is 751. The Morgan fingerprint density at radius 3 is 2.32 bits per heavy atom. The highest BCUT2D eigenvalue weighted by molar-refractivity contribution is 5.83. The first-order chi connectivity index (χ1) is 13.5. The first kappa shape index (κ1) is 20.5. The van der Waals surface area contributed by atoms with Crippen molar-refractivity contribution < 1.29 is 14.6 Å². The second kappa shape index (κ2) is 9.32. The number of benzene rings is 2. The second-order valence-electron chi connectivity index (χ2n) is 8.03. The predicted molar refractivity (Wildman–Crippen MR) is 109 cm³/mol. The first-order valence-electron chi connectivity index (χ1n) is 9.89. The lowest BCUT2D eigenvalue weighted by Crippen LogP contribution is -2.68. The van der Waals surface area contributed by atoms with E-state index < -0.39 is 11.8 Å². The van der Waals surface area contributed by atoms with Crippen molar-refractivity contribution in [2.24, 2.45) is 5.92 Å². The van der Waals surface area contributed by atoms with Gasteiger partial charge in [0.2, 0.25) is 5.91 Å². The van der Waals surface area contributed by atoms with Crippen molar-refractivity contribution in [1.82, 2.24) is 10.2 Å². The van der Waals surface area contributed by atoms with Gasteiger partial charge in [-0.3, -0.25) is 9.69 Å². The summed E-state index contributed by atoms with van der Waals surface area (Å²) in [6.45, 7) is 5.80. The average molecular weight is 383 g/mol. The lowest BCUT2D eigenvalue weighted by molar-refractivity contribution is -0.154. The second-order valence-corrected chi connectivity index (χ2v) is 8.03. The summed E-state index contributed by atoms with van der Waals surface area (Å²) in [5.41, 5.74) is 0.970. The van der Waals surface area contributed by atoms with Crippen LogP contribution in [0.25, 0.3) is 0 Å². The molecule has 5 heteroatoms. The minimum absolute atomic E-state index is 0.182. The Labute approximate surface area is 167 Å². The number of nitrogens with one attached hydrogen (secondary N) is 1. The number of carbonyl (C=O) groups excluding carboxylic acids is 1. The normalized spacial score (nSPS) is 23.0. The van der Waals surface area contributed by atoms with E-state index in [1.807, 2.05) is 79.4 Å². The van der Waals surface area contributed by atoms with E-state index >= 15 is 0 Å². The number of ether oxygens (including phenoxy) is 1. The number of hydrogen-bond acceptors (Lipinski definition) is 4. The SMILES string of the molecule is CC(C)C[C@@]1(O)CN(Cc2ccccc2)[C@@H](COCc2ccccc2)C(=O)N1. The van der Waals surface area contributed by atoms with Crippen LogP contribution in [0.15, 0.2) is 60.7 Å². The molecule has 0 unspecified atom stereocenters. The molecule has 5 nitrogen and oxygen atoms in total. The van der Waals surface area contributed by atoms with Crippen molar-refractivity contribution in [1.29, 1.82) is 0 Å². The molecule has 0 aliphatic carbocycles. The van der Waals surface area contributed by atoms with Gasteiger partial charge in [0.15, 0.2) is 5.72 Å². The van der Waals surface area contributed by atoms with Crippen LogP contribution in [0, 0.1) is 5.92 Å². The zero-order chi connectivity index (χ0) is 20.0. The third kappa shape index (κ3) is 5.64. The largest absolute Gasteiger partial charge is 0.375 e. The zero-order valence-corrected chi connectivity index (χ0v) is 16.7. The maximum absolute atomic E-state index is 12.8. The van der Waals surface area contributed by atoms with E-state index in [0.717, 1.165) is 11.1 Å². The summed E-state index contributed by atoms with van der Waals surface area (Å²) in [5, 5.41) is 13.8. The zero-order valence-electron chi connectivity index (χ0n) is 16.7. The van der Waals surface area contributed by atoms with E-state index in [2.05, 4.69) is 5.32 Å². The molecule has 1 heterocycles. The maximum atomic E-state index is 12.8. The number of hydrogen-bond donors (Lipinski definition) is 2. The predicted octanol–water partition coefficient (Wildman–Crippen LogP) is 2.94. The molecule has 0 bridgehead atoms. The fraction of sp³-hybridized carbons (Fsp3) is 0.435. The molecule has 2 aromatic carbocycles. The van der Waals surface area contributed by atoms with Crippen molar-refractivity contribution in [3.8, 4) is 0 Å². The summed E-state index contributed by atoms with van der Waals surface area (Å²) in [6, 6.07) is 19.5. The van der Waals surface area contributed by atoms with Crippen molar-refractivity contribution in [2.75, 3.05) is 13.2 Å². The van der Waals surface area contributed by atoms with Gasteiger partial charge in [0.05, 0.1) is 13.2 Å². The molecule has 1 aliphatic rings. The van der Waals surface area contributed by atoms with Crippen LogP contribution in [0.3, 0.4) is 0 Å². The Morgan fingerprint density at radius 1 is 1.11 bits per heavy atom. The molecule has 1 fully saturated rings. The van der Waals surface area contributed by atoms with E-state index in [-0.39, 0.29) is 18.4 Å². The molecule has 0 spiro atoms. The van der Waals surface area contributed by atoms with E-state index in [1.165, 1.54) is 0 Å². The van der Waals surface area contributed by atoms with Gasteiger partial charge in [0.25, 0.3) is 0 Å². The van der Waals surface area contributed by atoms with E-state index in [9.17, 15) is 9.90 Å². The minimum atomic E-state index is -1.21. The Hall–Kier alpha value is -2.21. The summed E-state index contributed by atoms with van der Waals surface area (Å²) in [7, 11) is 0. The quantitative estimate of drug-likeness (QED) is 0.737. The molecule has 0 radical (unpaired) electrons. The van der Waals surface area contributed by atoms with Crippen LogP contribution in [-0.2, 0) is 22.7 Å². The number of β-amino-alcohol motifs (C(OH)–C–C–N with tert-alkyl or cyclic N) is 1. The lowest BCUT2D eigenvalue weighted by atomic mass is 9.95. The molecule has 1 amide bonds. The van der Waals surface area contributed by atoms with Gasteiger partial charge in [-0.1, -0.05) is 74.5 Å². The molecule has 0 aromatic heterocycles.